The lowest BCUT2D eigenvalue weighted by Crippen LogP contribution is -2.59. The first kappa shape index (κ1) is 82.3. The van der Waals surface area contributed by atoms with Crippen LogP contribution in [-0.4, -0.2) is 155 Å². The molecule has 5 aromatic rings. The van der Waals surface area contributed by atoms with E-state index in [1.165, 1.54) is 59.8 Å². The first-order chi connectivity index (χ1) is 49.1. The second-order valence-electron chi connectivity index (χ2n) is 28.0. The van der Waals surface area contributed by atoms with Gasteiger partial charge in [-0.15, -0.1) is 0 Å². The van der Waals surface area contributed by atoms with Crippen LogP contribution in [0.2, 0.25) is 0 Å². The minimum Gasteiger partial charge on any atom is -0.488 e. The quantitative estimate of drug-likeness (QED) is 0.0106. The van der Waals surface area contributed by atoms with Crippen molar-refractivity contribution in [1.82, 2.24) is 58.0 Å². The Morgan fingerprint density at radius 1 is 0.615 bits per heavy atom. The molecule has 2 heterocycles. The van der Waals surface area contributed by atoms with Crippen LogP contribution in [0.15, 0.2) is 131 Å². The van der Waals surface area contributed by atoms with E-state index in [2.05, 4.69) is 63.6 Å². The average Bonchev–Trinajstić information content (AvgIpc) is 1.47. The number of hydrogen-bond donors (Lipinski definition) is 11. The zero-order valence-electron chi connectivity index (χ0n) is 60.4. The number of carbonyl (C=O) groups is 11. The van der Waals surface area contributed by atoms with Gasteiger partial charge >= 0.3 is 5.97 Å². The molecule has 1 saturated heterocycles. The summed E-state index contributed by atoms with van der Waals surface area (Å²) in [6, 6.07) is 24.8. The Hall–Kier alpha value is -10.6. The van der Waals surface area contributed by atoms with Crippen molar-refractivity contribution < 1.29 is 75.2 Å². The highest BCUT2D eigenvalue weighted by molar-refractivity contribution is 7.86. The summed E-state index contributed by atoms with van der Waals surface area (Å²) < 4.78 is 44.2. The third-order valence-electron chi connectivity index (χ3n) is 15.8. The van der Waals surface area contributed by atoms with Crippen LogP contribution in [0, 0.1) is 11.8 Å². The number of aryl methyl sites for hydroxylation is 1. The standard InChI is InChI=1S/C74H97N13O16S/c1-46(2)38-56(83-72(98)59-21-17-37-87(59)64(90)45-76-62(88)23-16-24-65(91)103-74(8,9)10)68(94)78-44-63(89)80-55(35-29-48-18-12-11-13-19-48)69(95)82-58(40-49-27-33-54(34-28-49)102-73(5,6)7)70(96)81-57(39-47(3)4)71(97)86-85-67(93)51-30-25-50(26-31-51)41-77-66(92)53-32-36-61(75-42-53)84-79-43-52-20-14-15-22-60(52)104(99,100)101/h11-15,18-20,22,25-28,30-34,36,42-43,46-47,55-59H,16-17,21,23-24,29,35,37-41,44-45H2,1-10H3,(H,75,84)(H,76,88)(H,77,92)(H,78,94)(H,80,89)(H,81,96)(H,82,95)(H,83,98)(H,85,93)(H,86,97)(H,99,100,101)/b79-43+/t55-,56-,57-,58-,59-/m0/s1. The lowest BCUT2D eigenvalue weighted by atomic mass is 10.00. The minimum absolute atomic E-state index is 0.0193. The topological polar surface area (TPSA) is 409 Å². The van der Waals surface area contributed by atoms with Crippen molar-refractivity contribution in [3.63, 3.8) is 0 Å². The molecule has 29 nitrogen and oxygen atoms in total. The largest absolute Gasteiger partial charge is 0.488 e. The first-order valence-corrected chi connectivity index (χ1v) is 35.9. The van der Waals surface area contributed by atoms with E-state index in [0.717, 1.165) is 5.56 Å². The van der Waals surface area contributed by atoms with Crippen molar-refractivity contribution >= 4 is 87.2 Å². The molecule has 0 radical (unpaired) electrons. The van der Waals surface area contributed by atoms with E-state index in [9.17, 15) is 65.7 Å². The summed E-state index contributed by atoms with van der Waals surface area (Å²) in [5, 5.41) is 23.0. The van der Waals surface area contributed by atoms with E-state index in [1.807, 2.05) is 78.8 Å². The van der Waals surface area contributed by atoms with Gasteiger partial charge < -0.3 is 51.6 Å². The van der Waals surface area contributed by atoms with Crippen LogP contribution in [-0.2, 0) is 77.4 Å². The molecule has 560 valence electrons. The Morgan fingerprint density at radius 2 is 1.24 bits per heavy atom. The van der Waals surface area contributed by atoms with Gasteiger partial charge in [0.25, 0.3) is 27.8 Å². The molecule has 5 atom stereocenters. The van der Waals surface area contributed by atoms with Gasteiger partial charge in [-0.25, -0.2) is 4.98 Å². The van der Waals surface area contributed by atoms with Gasteiger partial charge in [-0.3, -0.25) is 73.6 Å². The fraction of sp³-hybridized carbons (Fsp3) is 0.446. The number of hydrazone groups is 1. The van der Waals surface area contributed by atoms with Gasteiger partial charge in [-0.05, 0) is 157 Å². The third-order valence-corrected chi connectivity index (χ3v) is 16.8. The fourth-order valence-corrected chi connectivity index (χ4v) is 11.5. The maximum Gasteiger partial charge on any atom is 0.306 e. The number of benzene rings is 4. The van der Waals surface area contributed by atoms with Crippen molar-refractivity contribution in [1.29, 1.82) is 0 Å². The number of likely N-dealkylation sites (tertiary alicyclic amines) is 1. The van der Waals surface area contributed by atoms with Gasteiger partial charge in [0.05, 0.1) is 24.9 Å². The predicted octanol–water partition coefficient (Wildman–Crippen LogP) is 5.28. The molecule has 0 spiro atoms. The molecule has 1 fully saturated rings. The number of pyridine rings is 1. The lowest BCUT2D eigenvalue weighted by molar-refractivity contribution is -0.155. The van der Waals surface area contributed by atoms with Crippen LogP contribution in [0.25, 0.3) is 0 Å². The summed E-state index contributed by atoms with van der Waals surface area (Å²) in [5.41, 5.74) is 8.73. The molecule has 0 unspecified atom stereocenters. The zero-order valence-corrected chi connectivity index (χ0v) is 61.2. The highest BCUT2D eigenvalue weighted by Crippen LogP contribution is 2.22. The van der Waals surface area contributed by atoms with E-state index in [-0.39, 0.29) is 110 Å². The fourth-order valence-electron chi connectivity index (χ4n) is 10.9. The number of carbonyl (C=O) groups excluding carboxylic acids is 11. The van der Waals surface area contributed by atoms with Crippen LogP contribution < -0.4 is 58.2 Å². The van der Waals surface area contributed by atoms with Crippen molar-refractivity contribution in [2.75, 3.05) is 25.1 Å². The maximum absolute atomic E-state index is 14.7. The van der Waals surface area contributed by atoms with Crippen molar-refractivity contribution in [3.05, 3.63) is 155 Å². The van der Waals surface area contributed by atoms with Crippen LogP contribution >= 0.6 is 0 Å². The summed E-state index contributed by atoms with van der Waals surface area (Å²) in [6.07, 6.45) is 3.90. The van der Waals surface area contributed by atoms with Gasteiger partial charge in [0.1, 0.15) is 57.9 Å². The van der Waals surface area contributed by atoms with E-state index >= 15 is 0 Å². The van der Waals surface area contributed by atoms with Crippen molar-refractivity contribution in [2.45, 2.75) is 186 Å². The third kappa shape index (κ3) is 28.7. The lowest BCUT2D eigenvalue weighted by Gasteiger charge is -2.27. The minimum atomic E-state index is -4.49. The van der Waals surface area contributed by atoms with Crippen LogP contribution in [0.4, 0.5) is 5.82 Å². The molecule has 0 aliphatic carbocycles. The number of hydrogen-bond acceptors (Lipinski definition) is 18. The number of esters is 1. The molecule has 10 amide bonds. The van der Waals surface area contributed by atoms with Crippen LogP contribution in [0.5, 0.6) is 5.75 Å². The number of hydrazine groups is 1. The zero-order chi connectivity index (χ0) is 76.3. The molecule has 0 saturated carbocycles. The summed E-state index contributed by atoms with van der Waals surface area (Å²) in [6.45, 7) is 17.5. The van der Waals surface area contributed by atoms with E-state index < -0.39 is 123 Å². The smallest absolute Gasteiger partial charge is 0.306 e. The van der Waals surface area contributed by atoms with E-state index in [1.54, 1.807) is 63.2 Å². The van der Waals surface area contributed by atoms with Gasteiger partial charge in [-0.2, -0.15) is 13.5 Å². The second-order valence-corrected chi connectivity index (χ2v) is 29.4. The van der Waals surface area contributed by atoms with Crippen LogP contribution in [0.3, 0.4) is 0 Å². The Morgan fingerprint density at radius 3 is 1.88 bits per heavy atom. The molecular formula is C74H97N13O16S. The molecular weight excluding hydrogens is 1360 g/mol. The second kappa shape index (κ2) is 39.1. The molecule has 0 bridgehead atoms. The Balaban J connectivity index is 1.08. The predicted molar refractivity (Wildman–Crippen MR) is 387 cm³/mol. The van der Waals surface area contributed by atoms with Gasteiger partial charge in [0, 0.05) is 49.7 Å². The first-order valence-electron chi connectivity index (χ1n) is 34.5. The molecule has 6 rings (SSSR count). The Kier molecular flexibility index (Phi) is 31.0. The monoisotopic (exact) mass is 1460 g/mol. The van der Waals surface area contributed by atoms with Gasteiger partial charge in [0.15, 0.2) is 0 Å². The summed E-state index contributed by atoms with van der Waals surface area (Å²) in [7, 11) is -4.49. The Bertz CT molecular complexity index is 3940. The number of anilines is 1. The van der Waals surface area contributed by atoms with Crippen LogP contribution in [0.1, 0.15) is 164 Å². The highest BCUT2D eigenvalue weighted by Gasteiger charge is 2.37. The molecule has 1 aromatic heterocycles. The number of amides is 10. The van der Waals surface area contributed by atoms with E-state index in [0.29, 0.717) is 29.7 Å². The van der Waals surface area contributed by atoms with Crippen molar-refractivity contribution in [2.24, 2.45) is 16.9 Å². The SMILES string of the molecule is CC(C)C[C@H](NC(=O)[C@H](Cc1ccc(OC(C)(C)C)cc1)NC(=O)[C@H](CCc1ccccc1)NC(=O)CNC(=O)[C@H](CC(C)C)NC(=O)[C@@H]1CCCN1C(=O)CNC(=O)CCCC(=O)OC(C)(C)C)C(=O)NNC(=O)c1ccc(CNC(=O)c2ccc(N/N=C/c3ccccc3S(=O)(=O)O)nc2)cc1. The number of rotatable bonds is 35. The highest BCUT2D eigenvalue weighted by atomic mass is 32.2. The number of aromatic nitrogens is 1. The van der Waals surface area contributed by atoms with Crippen molar-refractivity contribution in [3.8, 4) is 5.75 Å². The number of nitrogens with zero attached hydrogens (tertiary/aromatic N) is 3. The number of ether oxygens (including phenoxy) is 2. The summed E-state index contributed by atoms with van der Waals surface area (Å²) >= 11 is 0. The normalized spacial score (nSPS) is 14.2. The molecule has 4 aromatic carbocycles. The maximum atomic E-state index is 14.7. The molecule has 104 heavy (non-hydrogen) atoms. The summed E-state index contributed by atoms with van der Waals surface area (Å²) in [4.78, 5) is 155. The molecule has 30 heteroatoms. The molecule has 11 N–H and O–H groups in total. The van der Waals surface area contributed by atoms with E-state index in [4.69, 9.17) is 9.47 Å². The van der Waals surface area contributed by atoms with Gasteiger partial charge in [0.2, 0.25) is 41.4 Å². The molecule has 1 aliphatic heterocycles. The Labute approximate surface area is 606 Å². The number of nitrogens with one attached hydrogen (secondary N) is 10. The summed E-state index contributed by atoms with van der Waals surface area (Å²) in [5.74, 6) is -6.56. The molecule has 1 aliphatic rings. The van der Waals surface area contributed by atoms with Gasteiger partial charge in [-0.1, -0.05) is 100 Å². The average molecular weight is 1460 g/mol.